The highest BCUT2D eigenvalue weighted by Gasteiger charge is 2.16. The summed E-state index contributed by atoms with van der Waals surface area (Å²) in [6.45, 7) is 0.395. The second-order valence-corrected chi connectivity index (χ2v) is 11.9. The van der Waals surface area contributed by atoms with Gasteiger partial charge in [-0.2, -0.15) is 0 Å². The van der Waals surface area contributed by atoms with Gasteiger partial charge >= 0.3 is 0 Å². The minimum atomic E-state index is 0.377. The number of fused-ring (bicyclic) bond motifs is 7. The van der Waals surface area contributed by atoms with Crippen molar-refractivity contribution in [3.8, 4) is 11.1 Å². The summed E-state index contributed by atoms with van der Waals surface area (Å²) in [5.41, 5.74) is 15.1. The average molecular weight is 620 g/mol. The van der Waals surface area contributed by atoms with Gasteiger partial charge in [-0.05, 0) is 63.9 Å². The zero-order valence-corrected chi connectivity index (χ0v) is 25.9. The molecule has 0 saturated carbocycles. The van der Waals surface area contributed by atoms with Crippen molar-refractivity contribution >= 4 is 66.3 Å². The summed E-state index contributed by atoms with van der Waals surface area (Å²) in [6.07, 6.45) is 0. The molecule has 9 aromatic rings. The molecule has 0 saturated heterocycles. The molecule has 2 N–H and O–H groups in total. The van der Waals surface area contributed by atoms with Gasteiger partial charge in [0.1, 0.15) is 28.2 Å². The first kappa shape index (κ1) is 27.8. The van der Waals surface area contributed by atoms with Crippen LogP contribution in [0.25, 0.3) is 65.8 Å². The van der Waals surface area contributed by atoms with Crippen LogP contribution in [-0.2, 0) is 6.54 Å². The number of nitrogens with zero attached hydrogens (tertiary/aromatic N) is 2. The summed E-state index contributed by atoms with van der Waals surface area (Å²) in [7, 11) is 0. The molecule has 2 aromatic heterocycles. The molecular formula is C43H29N3O2. The molecule has 48 heavy (non-hydrogen) atoms. The van der Waals surface area contributed by atoms with Crippen LogP contribution in [0.3, 0.4) is 0 Å². The van der Waals surface area contributed by atoms with Gasteiger partial charge in [-0.3, -0.25) is 4.99 Å². The molecule has 5 heteroatoms. The topological polar surface area (TPSA) is 77.0 Å². The molecule has 0 bridgehead atoms. The summed E-state index contributed by atoms with van der Waals surface area (Å²) in [6, 6.07) is 51.4. The molecule has 0 unspecified atom stereocenters. The Bertz CT molecular complexity index is 2720. The first-order valence-corrected chi connectivity index (χ1v) is 16.0. The summed E-state index contributed by atoms with van der Waals surface area (Å²) < 4.78 is 12.4. The van der Waals surface area contributed by atoms with E-state index in [4.69, 9.17) is 24.6 Å². The third-order valence-corrected chi connectivity index (χ3v) is 9.00. The van der Waals surface area contributed by atoms with E-state index in [0.29, 0.717) is 18.2 Å². The van der Waals surface area contributed by atoms with Crippen molar-refractivity contribution in [2.45, 2.75) is 6.54 Å². The van der Waals surface area contributed by atoms with Gasteiger partial charge in [0, 0.05) is 32.7 Å². The Morgan fingerprint density at radius 3 is 2.06 bits per heavy atom. The van der Waals surface area contributed by atoms with Crippen LogP contribution >= 0.6 is 0 Å². The Balaban J connectivity index is 1.15. The van der Waals surface area contributed by atoms with E-state index in [0.717, 1.165) is 71.7 Å². The number of hydrogen-bond donors (Lipinski definition) is 1. The van der Waals surface area contributed by atoms with E-state index in [1.165, 1.54) is 10.8 Å². The molecule has 228 valence electrons. The maximum atomic E-state index is 6.79. The quantitative estimate of drug-likeness (QED) is 0.154. The highest BCUT2D eigenvalue weighted by molar-refractivity contribution is 6.20. The van der Waals surface area contributed by atoms with Crippen LogP contribution in [0.2, 0.25) is 0 Å². The van der Waals surface area contributed by atoms with E-state index >= 15 is 0 Å². The van der Waals surface area contributed by atoms with E-state index in [1.807, 2.05) is 84.9 Å². The molecule has 0 amide bonds. The molecule has 5 nitrogen and oxygen atoms in total. The standard InChI is InChI=1S/C43H29N3O2/c44-42(34-16-9-19-39-41(34)33-15-6-7-17-36(33)47-39)46-43(28-11-2-1-3-12-28)45-26-32-14-8-18-38-40(32)35-25-31(22-23-37(35)48-38)30-21-20-27-10-4-5-13-29(27)24-30/h1-25H,26H2,(H2,44,45,46). The molecule has 7 aromatic carbocycles. The first-order valence-electron chi connectivity index (χ1n) is 16.0. The Hall–Kier alpha value is -6.46. The molecular weight excluding hydrogens is 590 g/mol. The number of furan rings is 2. The smallest absolute Gasteiger partial charge is 0.157 e. The van der Waals surface area contributed by atoms with Crippen LogP contribution in [0, 0.1) is 0 Å². The second kappa shape index (κ2) is 11.4. The lowest BCUT2D eigenvalue weighted by Crippen LogP contribution is -2.17. The Labute approximate surface area is 276 Å². The molecule has 0 spiro atoms. The van der Waals surface area contributed by atoms with Gasteiger partial charge < -0.3 is 14.6 Å². The fourth-order valence-electron chi connectivity index (χ4n) is 6.68. The van der Waals surface area contributed by atoms with Gasteiger partial charge in [0.2, 0.25) is 0 Å². The monoisotopic (exact) mass is 619 g/mol. The predicted molar refractivity (Wildman–Crippen MR) is 198 cm³/mol. The predicted octanol–water partition coefficient (Wildman–Crippen LogP) is 10.7. The maximum Gasteiger partial charge on any atom is 0.157 e. The molecule has 0 aliphatic rings. The van der Waals surface area contributed by atoms with Gasteiger partial charge in [0.05, 0.1) is 6.54 Å². The van der Waals surface area contributed by atoms with Crippen molar-refractivity contribution in [3.05, 3.63) is 168 Å². The van der Waals surface area contributed by atoms with Crippen LogP contribution in [0.15, 0.2) is 170 Å². The van der Waals surface area contributed by atoms with E-state index in [-0.39, 0.29) is 0 Å². The first-order chi connectivity index (χ1) is 23.7. The van der Waals surface area contributed by atoms with Crippen molar-refractivity contribution in [2.75, 3.05) is 0 Å². The van der Waals surface area contributed by atoms with Gasteiger partial charge in [-0.25, -0.2) is 4.99 Å². The van der Waals surface area contributed by atoms with Gasteiger partial charge in [0.25, 0.3) is 0 Å². The third kappa shape index (κ3) is 4.81. The van der Waals surface area contributed by atoms with Crippen molar-refractivity contribution in [2.24, 2.45) is 15.7 Å². The molecule has 9 rings (SSSR count). The van der Waals surface area contributed by atoms with Gasteiger partial charge in [-0.15, -0.1) is 0 Å². The molecule has 0 fully saturated rings. The zero-order valence-electron chi connectivity index (χ0n) is 25.9. The number of benzene rings is 7. The summed E-state index contributed by atoms with van der Waals surface area (Å²) in [5, 5.41) is 6.50. The minimum Gasteiger partial charge on any atom is -0.456 e. The highest BCUT2D eigenvalue weighted by Crippen LogP contribution is 2.36. The van der Waals surface area contributed by atoms with Crippen LogP contribution < -0.4 is 5.73 Å². The number of nitrogens with two attached hydrogens (primary N) is 1. The fraction of sp³-hybridized carbons (Fsp3) is 0.0233. The fourth-order valence-corrected chi connectivity index (χ4v) is 6.68. The van der Waals surface area contributed by atoms with Crippen molar-refractivity contribution < 1.29 is 8.83 Å². The molecule has 0 aliphatic heterocycles. The maximum absolute atomic E-state index is 6.79. The summed E-state index contributed by atoms with van der Waals surface area (Å²) in [5.74, 6) is 0.932. The summed E-state index contributed by atoms with van der Waals surface area (Å²) >= 11 is 0. The largest absolute Gasteiger partial charge is 0.456 e. The van der Waals surface area contributed by atoms with E-state index in [9.17, 15) is 0 Å². The Morgan fingerprint density at radius 1 is 0.521 bits per heavy atom. The van der Waals surface area contributed by atoms with Crippen molar-refractivity contribution in [1.29, 1.82) is 0 Å². The average Bonchev–Trinajstić information content (AvgIpc) is 3.72. The van der Waals surface area contributed by atoms with Crippen molar-refractivity contribution in [3.63, 3.8) is 0 Å². The lowest BCUT2D eigenvalue weighted by molar-refractivity contribution is 0.668. The highest BCUT2D eigenvalue weighted by atomic mass is 16.3. The van der Waals surface area contributed by atoms with E-state index in [2.05, 4.69) is 66.7 Å². The Kier molecular flexibility index (Phi) is 6.61. The molecule has 0 radical (unpaired) electrons. The lowest BCUT2D eigenvalue weighted by Gasteiger charge is -2.08. The summed E-state index contributed by atoms with van der Waals surface area (Å²) in [4.78, 5) is 10.1. The van der Waals surface area contributed by atoms with Crippen molar-refractivity contribution in [1.82, 2.24) is 0 Å². The van der Waals surface area contributed by atoms with Crippen LogP contribution in [0.5, 0.6) is 0 Å². The lowest BCUT2D eigenvalue weighted by atomic mass is 9.98. The van der Waals surface area contributed by atoms with E-state index in [1.54, 1.807) is 0 Å². The normalized spacial score (nSPS) is 12.6. The zero-order chi connectivity index (χ0) is 32.0. The van der Waals surface area contributed by atoms with Gasteiger partial charge in [-0.1, -0.05) is 115 Å². The minimum absolute atomic E-state index is 0.377. The number of hydrogen-bond acceptors (Lipinski definition) is 3. The number of para-hydroxylation sites is 1. The molecule has 0 aliphatic carbocycles. The number of rotatable bonds is 5. The number of aliphatic imine (C=N–C) groups is 2. The van der Waals surface area contributed by atoms with Crippen LogP contribution in [-0.4, -0.2) is 11.7 Å². The number of amidine groups is 2. The Morgan fingerprint density at radius 2 is 1.19 bits per heavy atom. The van der Waals surface area contributed by atoms with Gasteiger partial charge in [0.15, 0.2) is 5.84 Å². The van der Waals surface area contributed by atoms with Crippen LogP contribution in [0.1, 0.15) is 16.7 Å². The molecule has 2 heterocycles. The second-order valence-electron chi connectivity index (χ2n) is 11.9. The SMILES string of the molecule is N/C(=N\C(=N/Cc1cccc2oc3ccc(-c4ccc5ccccc5c4)cc3c12)c1ccccc1)c1cccc2oc3ccccc3c12. The molecule has 0 atom stereocenters. The van der Waals surface area contributed by atoms with E-state index < -0.39 is 0 Å². The van der Waals surface area contributed by atoms with Crippen LogP contribution in [0.4, 0.5) is 0 Å². The third-order valence-electron chi connectivity index (χ3n) is 9.00.